The highest BCUT2D eigenvalue weighted by Crippen LogP contribution is 2.17. The highest BCUT2D eigenvalue weighted by atomic mass is 16.5. The van der Waals surface area contributed by atoms with Crippen molar-refractivity contribution in [3.63, 3.8) is 0 Å². The van der Waals surface area contributed by atoms with E-state index in [0.29, 0.717) is 159 Å². The molecule has 6 heterocycles. The molecule has 6 rings (SSSR count). The van der Waals surface area contributed by atoms with E-state index in [9.17, 15) is 28.8 Å². The summed E-state index contributed by atoms with van der Waals surface area (Å²) in [6.45, 7) is 31.4. The molecule has 3 atom stereocenters. The minimum atomic E-state index is -0.414. The number of rotatable bonds is 33. The fraction of sp³-hybridized carbons (Fsp3) is 0.631. The van der Waals surface area contributed by atoms with Crippen LogP contribution in [0.1, 0.15) is 190 Å². The molecule has 3 unspecified atom stereocenters. The Balaban J connectivity index is 0.000000588. The maximum absolute atomic E-state index is 11.9. The van der Waals surface area contributed by atoms with Crippen LogP contribution in [0.5, 0.6) is 0 Å². The average Bonchev–Trinajstić information content (AvgIpc) is 1.72. The van der Waals surface area contributed by atoms with Crippen molar-refractivity contribution in [2.45, 2.75) is 160 Å². The third-order valence-electron chi connectivity index (χ3n) is 13.6. The van der Waals surface area contributed by atoms with Crippen LogP contribution >= 0.6 is 0 Å². The van der Waals surface area contributed by atoms with E-state index in [-0.39, 0.29) is 65.1 Å². The summed E-state index contributed by atoms with van der Waals surface area (Å²) in [5.74, 6) is 3.10. The largest absolute Gasteiger partial charge is 0.380 e. The number of aromatic nitrogens is 6. The van der Waals surface area contributed by atoms with Crippen LogP contribution in [0.3, 0.4) is 0 Å². The first-order valence-corrected chi connectivity index (χ1v) is 31.4. The van der Waals surface area contributed by atoms with Crippen molar-refractivity contribution in [2.75, 3.05) is 96.7 Å². The summed E-state index contributed by atoms with van der Waals surface area (Å²) < 4.78 is 74.5. The summed E-state index contributed by atoms with van der Waals surface area (Å²) in [5, 5.41) is 38.7. The standard InChI is InChI=1S/C12H20N2O4.C11H18N2O4.2C11H18N2O3.C10H16N2O4.C10H16N2O3/c1-8-9(6-16-4)18-14-10(8)11(15)13-7-12(2,3)17-5;1-7(16-4)5-12-11(14)10-8(2)9(6-15-3)17-13-10;1-7(2)8(3)12-11(14)10-5-9(6-15-4)16-13-10;1-7(2)5-12-11(14)10-8(3)9(6-15-4)16-13-10;1-7(15-3)5-11-10(13)9-4-8(6-14-2)16-12-9;1-7(2)5-11-10(13)9-4-8(6-14-3)15-12-9/h6-7H2,1-5H3,(H,13,15);7H,5-6H2,1-4H3,(H,12,14);5,7-8H,6H2,1-4H3,(H,12,14);7H,5-6H2,1-4H3,(H,12,14);4,7H,5-6H2,1-3H3,(H,11,13);4,7H,5-6H2,1-3H3,(H,11,13). The van der Waals surface area contributed by atoms with E-state index in [0.717, 1.165) is 5.56 Å². The number of amides is 6. The lowest BCUT2D eigenvalue weighted by atomic mass is 10.1. The number of carbonyl (C=O) groups is 6. The maximum Gasteiger partial charge on any atom is 0.273 e. The third-order valence-corrected chi connectivity index (χ3v) is 13.6. The minimum absolute atomic E-state index is 0.0331. The lowest BCUT2D eigenvalue weighted by molar-refractivity contribution is 0.0227. The molecule has 0 saturated heterocycles. The molecule has 0 aliphatic carbocycles. The van der Waals surface area contributed by atoms with Crippen LogP contribution in [-0.4, -0.2) is 187 Å². The van der Waals surface area contributed by atoms with Gasteiger partial charge in [-0.3, -0.25) is 28.8 Å². The van der Waals surface area contributed by atoms with Crippen LogP contribution in [0.25, 0.3) is 0 Å². The number of carbonyl (C=O) groups excluding carboxylic acids is 6. The summed E-state index contributed by atoms with van der Waals surface area (Å²) in [4.78, 5) is 70.1. The molecular formula is C65H106N12O21. The molecule has 0 bridgehead atoms. The Labute approximate surface area is 573 Å². The van der Waals surface area contributed by atoms with Gasteiger partial charge in [0.15, 0.2) is 68.7 Å². The third kappa shape index (κ3) is 33.3. The van der Waals surface area contributed by atoms with Gasteiger partial charge >= 0.3 is 0 Å². The summed E-state index contributed by atoms with van der Waals surface area (Å²) >= 11 is 0. The normalized spacial score (nSPS) is 11.8. The molecule has 6 aromatic rings. The zero-order valence-corrected chi connectivity index (χ0v) is 61.2. The van der Waals surface area contributed by atoms with Gasteiger partial charge in [-0.05, 0) is 73.1 Å². The summed E-state index contributed by atoms with van der Waals surface area (Å²) in [6.07, 6.45) is -0.0705. The monoisotopic (exact) mass is 1390 g/mol. The van der Waals surface area contributed by atoms with E-state index in [1.165, 1.54) is 0 Å². The number of methoxy groups -OCH3 is 9. The van der Waals surface area contributed by atoms with E-state index in [1.54, 1.807) is 103 Å². The number of ether oxygens (including phenoxy) is 9. The minimum Gasteiger partial charge on any atom is -0.380 e. The van der Waals surface area contributed by atoms with Crippen LogP contribution in [0.15, 0.2) is 45.3 Å². The quantitative estimate of drug-likeness (QED) is 0.0239. The van der Waals surface area contributed by atoms with Gasteiger partial charge in [0.1, 0.15) is 39.6 Å². The molecule has 6 aromatic heterocycles. The second-order valence-electron chi connectivity index (χ2n) is 23.7. The highest BCUT2D eigenvalue weighted by Gasteiger charge is 2.24. The predicted octanol–water partition coefficient (Wildman–Crippen LogP) is 7.08. The van der Waals surface area contributed by atoms with Crippen molar-refractivity contribution in [2.24, 2.45) is 17.8 Å². The van der Waals surface area contributed by atoms with E-state index in [4.69, 9.17) is 69.8 Å². The Kier molecular flexibility index (Phi) is 42.6. The zero-order chi connectivity index (χ0) is 74.1. The zero-order valence-electron chi connectivity index (χ0n) is 61.2. The molecule has 6 amide bonds. The molecule has 33 heteroatoms. The van der Waals surface area contributed by atoms with Crippen molar-refractivity contribution in [3.8, 4) is 0 Å². The average molecular weight is 1390 g/mol. The molecule has 0 fully saturated rings. The number of hydrogen-bond donors (Lipinski definition) is 6. The van der Waals surface area contributed by atoms with Gasteiger partial charge in [-0.15, -0.1) is 0 Å². The van der Waals surface area contributed by atoms with E-state index >= 15 is 0 Å². The van der Waals surface area contributed by atoms with Gasteiger partial charge < -0.3 is 102 Å². The molecule has 0 aromatic carbocycles. The Bertz CT molecular complexity index is 3230. The van der Waals surface area contributed by atoms with E-state index in [2.05, 4.69) is 62.8 Å². The Hall–Kier alpha value is -8.28. The lowest BCUT2D eigenvalue weighted by Crippen LogP contribution is -2.40. The second-order valence-corrected chi connectivity index (χ2v) is 23.7. The van der Waals surface area contributed by atoms with Crippen molar-refractivity contribution in [1.82, 2.24) is 62.8 Å². The predicted molar refractivity (Wildman–Crippen MR) is 355 cm³/mol. The molecule has 0 aliphatic heterocycles. The molecule has 6 N–H and O–H groups in total. The molecule has 98 heavy (non-hydrogen) atoms. The smallest absolute Gasteiger partial charge is 0.273 e. The van der Waals surface area contributed by atoms with Crippen LogP contribution in [0.4, 0.5) is 0 Å². The van der Waals surface area contributed by atoms with Gasteiger partial charge in [-0.1, -0.05) is 72.5 Å². The summed E-state index contributed by atoms with van der Waals surface area (Å²) in [7, 11) is 14.1. The van der Waals surface area contributed by atoms with Crippen LogP contribution < -0.4 is 31.9 Å². The van der Waals surface area contributed by atoms with Crippen LogP contribution in [0.2, 0.25) is 0 Å². The number of hydrogen-bond acceptors (Lipinski definition) is 27. The molecule has 0 spiro atoms. The lowest BCUT2D eigenvalue weighted by Gasteiger charge is -2.22. The van der Waals surface area contributed by atoms with Crippen molar-refractivity contribution >= 4 is 35.4 Å². The summed E-state index contributed by atoms with van der Waals surface area (Å²) in [6, 6.07) is 4.83. The van der Waals surface area contributed by atoms with Gasteiger partial charge in [-0.2, -0.15) is 0 Å². The fourth-order valence-corrected chi connectivity index (χ4v) is 6.91. The highest BCUT2D eigenvalue weighted by molar-refractivity contribution is 5.95. The van der Waals surface area contributed by atoms with Crippen molar-refractivity contribution < 1.29 is 98.5 Å². The van der Waals surface area contributed by atoms with Crippen molar-refractivity contribution in [3.05, 3.63) is 104 Å². The molecule has 33 nitrogen and oxygen atoms in total. The molecular weight excluding hydrogens is 1280 g/mol. The topological polar surface area (TPSA) is 414 Å². The van der Waals surface area contributed by atoms with Gasteiger partial charge in [0, 0.05) is 138 Å². The maximum atomic E-state index is 11.9. The first kappa shape index (κ1) is 87.7. The van der Waals surface area contributed by atoms with E-state index < -0.39 is 5.60 Å². The van der Waals surface area contributed by atoms with Gasteiger partial charge in [0.05, 0.1) is 17.8 Å². The Morgan fingerprint density at radius 3 is 0.990 bits per heavy atom. The van der Waals surface area contributed by atoms with Gasteiger partial charge in [-0.25, -0.2) is 0 Å². The van der Waals surface area contributed by atoms with Crippen molar-refractivity contribution in [1.29, 1.82) is 0 Å². The molecule has 552 valence electrons. The first-order valence-electron chi connectivity index (χ1n) is 31.4. The summed E-state index contributed by atoms with van der Waals surface area (Å²) in [5.41, 5.74) is 3.48. The first-order chi connectivity index (χ1) is 46.4. The van der Waals surface area contributed by atoms with E-state index in [1.807, 2.05) is 76.2 Å². The SMILES string of the molecule is COCc1cc(C(=O)NC(C)C(C)C)no1.COCc1cc(C(=O)NCC(C)C)no1.COCc1cc(C(=O)NCC(C)OC)no1.COCc1onc(C(=O)NCC(C)(C)OC)c1C.COCc1onc(C(=O)NCC(C)C)c1C.COCc1onc(C(=O)NCC(C)OC)c1C. The number of nitrogens with one attached hydrogen (secondary N) is 6. The fourth-order valence-electron chi connectivity index (χ4n) is 6.91. The number of nitrogens with zero attached hydrogens (tertiary/aromatic N) is 6. The van der Waals surface area contributed by atoms with Gasteiger partial charge in [0.2, 0.25) is 0 Å². The molecule has 0 aliphatic rings. The second kappa shape index (κ2) is 47.6. The Morgan fingerprint density at radius 2 is 0.694 bits per heavy atom. The molecule has 0 radical (unpaired) electrons. The Morgan fingerprint density at radius 1 is 0.398 bits per heavy atom. The molecule has 0 saturated carbocycles. The van der Waals surface area contributed by atoms with Crippen LogP contribution in [0, 0.1) is 38.5 Å². The van der Waals surface area contributed by atoms with Crippen LogP contribution in [-0.2, 0) is 82.3 Å². The van der Waals surface area contributed by atoms with Gasteiger partial charge in [0.25, 0.3) is 35.4 Å².